The molecule has 2 rings (SSSR count). The molecule has 1 nitrogen and oxygen atoms in total. The van der Waals surface area contributed by atoms with Crippen molar-refractivity contribution in [1.29, 1.82) is 0 Å². The van der Waals surface area contributed by atoms with Gasteiger partial charge in [-0.05, 0) is 63.8 Å². The first kappa shape index (κ1) is 19.5. The van der Waals surface area contributed by atoms with E-state index < -0.39 is 0 Å². The quantitative estimate of drug-likeness (QED) is 0.609. The topological polar surface area (TPSA) is 3.24 Å². The highest BCUT2D eigenvalue weighted by Crippen LogP contribution is 2.31. The molecule has 0 radical (unpaired) electrons. The first-order chi connectivity index (χ1) is 10.3. The summed E-state index contributed by atoms with van der Waals surface area (Å²) in [6, 6.07) is 0.725. The normalized spacial score (nSPS) is 22.7. The van der Waals surface area contributed by atoms with Crippen molar-refractivity contribution in [1.82, 2.24) is 4.90 Å². The Morgan fingerprint density at radius 1 is 1.00 bits per heavy atom. The lowest BCUT2D eigenvalue weighted by atomic mass is 9.87. The molecule has 1 heteroatoms. The van der Waals surface area contributed by atoms with Crippen LogP contribution in [-0.2, 0) is 0 Å². The van der Waals surface area contributed by atoms with Gasteiger partial charge < -0.3 is 4.90 Å². The standard InChI is InChI=1S/C17H29N.C4H10/c1-13(2)17-7-5-15(6-8-17)11-16-9-10-18(12-16)14(3)4;1-4(2)3/h5,7,13-14,16H,6,8-12H2,1-4H3;4H,1-3H3. The zero-order valence-electron chi connectivity index (χ0n) is 16.2. The SMILES string of the molecule is CC(C)C.CC(C)C1=CC=C(CC2CCN(C(C)C)C2)CC1. The molecule has 1 saturated heterocycles. The van der Waals surface area contributed by atoms with Crippen molar-refractivity contribution >= 4 is 0 Å². The molecule has 0 aromatic heterocycles. The lowest BCUT2D eigenvalue weighted by Gasteiger charge is -2.22. The summed E-state index contributed by atoms with van der Waals surface area (Å²) < 4.78 is 0. The number of hydrogen-bond donors (Lipinski definition) is 0. The minimum Gasteiger partial charge on any atom is -0.301 e. The minimum atomic E-state index is 0.725. The fraction of sp³-hybridized carbons (Fsp3) is 0.810. The van der Waals surface area contributed by atoms with Gasteiger partial charge in [0.2, 0.25) is 0 Å². The summed E-state index contributed by atoms with van der Waals surface area (Å²) in [5.41, 5.74) is 3.32. The third kappa shape index (κ3) is 7.13. The van der Waals surface area contributed by atoms with Crippen molar-refractivity contribution < 1.29 is 0 Å². The van der Waals surface area contributed by atoms with Crippen LogP contribution in [0.3, 0.4) is 0 Å². The lowest BCUT2D eigenvalue weighted by Crippen LogP contribution is -2.28. The molecule has 1 fully saturated rings. The Labute approximate surface area is 139 Å². The average Bonchev–Trinajstić information content (AvgIpc) is 2.87. The molecule has 0 amide bonds. The van der Waals surface area contributed by atoms with Gasteiger partial charge >= 0.3 is 0 Å². The highest BCUT2D eigenvalue weighted by Gasteiger charge is 2.25. The van der Waals surface area contributed by atoms with Gasteiger partial charge in [0.1, 0.15) is 0 Å². The second-order valence-corrected chi connectivity index (χ2v) is 8.40. The summed E-state index contributed by atoms with van der Waals surface area (Å²) in [4.78, 5) is 2.63. The van der Waals surface area contributed by atoms with Crippen molar-refractivity contribution in [3.8, 4) is 0 Å². The Bertz CT molecular complexity index is 371. The van der Waals surface area contributed by atoms with Gasteiger partial charge in [-0.2, -0.15) is 0 Å². The summed E-state index contributed by atoms with van der Waals surface area (Å²) in [7, 11) is 0. The zero-order chi connectivity index (χ0) is 16.7. The number of likely N-dealkylation sites (tertiary alicyclic amines) is 1. The molecular weight excluding hydrogens is 266 g/mol. The van der Waals surface area contributed by atoms with Gasteiger partial charge in [-0.1, -0.05) is 57.9 Å². The molecule has 0 saturated carbocycles. The number of rotatable bonds is 4. The third-order valence-electron chi connectivity index (χ3n) is 4.61. The van der Waals surface area contributed by atoms with Crippen LogP contribution in [-0.4, -0.2) is 24.0 Å². The van der Waals surface area contributed by atoms with Gasteiger partial charge in [0.05, 0.1) is 0 Å². The second-order valence-electron chi connectivity index (χ2n) is 8.40. The highest BCUT2D eigenvalue weighted by molar-refractivity contribution is 5.25. The smallest absolute Gasteiger partial charge is 0.00387 e. The molecule has 0 N–H and O–H groups in total. The highest BCUT2D eigenvalue weighted by atomic mass is 15.2. The van der Waals surface area contributed by atoms with Crippen LogP contribution in [0, 0.1) is 17.8 Å². The molecule has 2 aliphatic rings. The Kier molecular flexibility index (Phi) is 8.46. The average molecular weight is 306 g/mol. The Hall–Kier alpha value is -0.560. The molecule has 0 bridgehead atoms. The summed E-state index contributed by atoms with van der Waals surface area (Å²) in [6.07, 6.45) is 10.1. The molecule has 0 aromatic carbocycles. The van der Waals surface area contributed by atoms with Crippen molar-refractivity contribution in [3.63, 3.8) is 0 Å². The van der Waals surface area contributed by atoms with E-state index in [9.17, 15) is 0 Å². The molecular formula is C21H39N. The van der Waals surface area contributed by atoms with E-state index >= 15 is 0 Å². The van der Waals surface area contributed by atoms with Crippen molar-refractivity contribution in [2.75, 3.05) is 13.1 Å². The molecule has 1 aliphatic heterocycles. The predicted molar refractivity (Wildman–Crippen MR) is 100 cm³/mol. The number of allylic oxidation sites excluding steroid dienone is 4. The number of nitrogens with zero attached hydrogens (tertiary/aromatic N) is 1. The maximum Gasteiger partial charge on any atom is 0.00387 e. The maximum absolute atomic E-state index is 2.63. The van der Waals surface area contributed by atoms with Crippen LogP contribution < -0.4 is 0 Å². The Balaban J connectivity index is 0.000000541. The van der Waals surface area contributed by atoms with Gasteiger partial charge in [0.25, 0.3) is 0 Å². The van der Waals surface area contributed by atoms with Crippen molar-refractivity contribution in [2.45, 2.75) is 80.2 Å². The lowest BCUT2D eigenvalue weighted by molar-refractivity contribution is 0.264. The Morgan fingerprint density at radius 3 is 2.05 bits per heavy atom. The monoisotopic (exact) mass is 305 g/mol. The number of hydrogen-bond acceptors (Lipinski definition) is 1. The summed E-state index contributed by atoms with van der Waals surface area (Å²) >= 11 is 0. The first-order valence-corrected chi connectivity index (χ1v) is 9.42. The van der Waals surface area contributed by atoms with E-state index in [-0.39, 0.29) is 0 Å². The van der Waals surface area contributed by atoms with Gasteiger partial charge in [-0.25, -0.2) is 0 Å². The van der Waals surface area contributed by atoms with Crippen LogP contribution in [0.2, 0.25) is 0 Å². The van der Waals surface area contributed by atoms with E-state index in [0.717, 1.165) is 23.8 Å². The van der Waals surface area contributed by atoms with Crippen LogP contribution in [0.1, 0.15) is 74.1 Å². The largest absolute Gasteiger partial charge is 0.301 e. The summed E-state index contributed by atoms with van der Waals surface area (Å²) in [5.74, 6) is 2.47. The van der Waals surface area contributed by atoms with Gasteiger partial charge in [0.15, 0.2) is 0 Å². The third-order valence-corrected chi connectivity index (χ3v) is 4.61. The van der Waals surface area contributed by atoms with E-state index in [1.807, 2.05) is 0 Å². The van der Waals surface area contributed by atoms with Crippen LogP contribution in [0.5, 0.6) is 0 Å². The van der Waals surface area contributed by atoms with Gasteiger partial charge in [-0.3, -0.25) is 0 Å². The molecule has 1 atom stereocenters. The fourth-order valence-corrected chi connectivity index (χ4v) is 3.22. The van der Waals surface area contributed by atoms with Gasteiger partial charge in [-0.15, -0.1) is 0 Å². The molecule has 1 unspecified atom stereocenters. The maximum atomic E-state index is 2.63. The van der Waals surface area contributed by atoms with Crippen LogP contribution in [0.4, 0.5) is 0 Å². The van der Waals surface area contributed by atoms with E-state index in [4.69, 9.17) is 0 Å². The van der Waals surface area contributed by atoms with Gasteiger partial charge in [0, 0.05) is 12.6 Å². The second kappa shape index (κ2) is 9.55. The van der Waals surface area contributed by atoms with E-state index in [0.29, 0.717) is 0 Å². The summed E-state index contributed by atoms with van der Waals surface area (Å²) in [6.45, 7) is 18.4. The van der Waals surface area contributed by atoms with Crippen molar-refractivity contribution in [2.24, 2.45) is 17.8 Å². The van der Waals surface area contributed by atoms with E-state index in [2.05, 4.69) is 65.5 Å². The molecule has 1 heterocycles. The molecule has 0 aromatic rings. The zero-order valence-corrected chi connectivity index (χ0v) is 16.2. The first-order valence-electron chi connectivity index (χ1n) is 9.42. The molecule has 22 heavy (non-hydrogen) atoms. The van der Waals surface area contributed by atoms with Crippen LogP contribution in [0.25, 0.3) is 0 Å². The van der Waals surface area contributed by atoms with Crippen molar-refractivity contribution in [3.05, 3.63) is 23.3 Å². The predicted octanol–water partition coefficient (Wildman–Crippen LogP) is 6.07. The summed E-state index contributed by atoms with van der Waals surface area (Å²) in [5, 5.41) is 0. The molecule has 128 valence electrons. The minimum absolute atomic E-state index is 0.725. The van der Waals surface area contributed by atoms with E-state index in [1.54, 1.807) is 11.1 Å². The molecule has 0 spiro atoms. The van der Waals surface area contributed by atoms with Crippen LogP contribution >= 0.6 is 0 Å². The fourth-order valence-electron chi connectivity index (χ4n) is 3.22. The van der Waals surface area contributed by atoms with Crippen LogP contribution in [0.15, 0.2) is 23.3 Å². The van der Waals surface area contributed by atoms with E-state index in [1.165, 1.54) is 38.8 Å². The molecule has 1 aliphatic carbocycles. The Morgan fingerprint density at radius 2 is 1.64 bits per heavy atom.